The van der Waals surface area contributed by atoms with E-state index in [9.17, 15) is 4.57 Å². The molecule has 4 heteroatoms. The maximum atomic E-state index is 12.2. The molecule has 0 aliphatic rings. The highest BCUT2D eigenvalue weighted by atomic mass is 31.2. The first kappa shape index (κ1) is 15.0. The maximum Gasteiger partial charge on any atom is 0.338 e. The zero-order valence-corrected chi connectivity index (χ0v) is 10.4. The summed E-state index contributed by atoms with van der Waals surface area (Å²) in [5.41, 5.74) is -0.383. The van der Waals surface area contributed by atoms with Crippen LogP contribution >= 0.6 is 7.60 Å². The first-order valence-electron chi connectivity index (χ1n) is 4.99. The quantitative estimate of drug-likeness (QED) is 0.283. The molecule has 0 bridgehead atoms. The number of hydrogen-bond donors (Lipinski definition) is 0. The second-order valence-electron chi connectivity index (χ2n) is 3.13. The molecule has 0 spiro atoms. The predicted molar refractivity (Wildman–Crippen MR) is 66.1 cm³/mol. The van der Waals surface area contributed by atoms with Crippen LogP contribution in [0.25, 0.3) is 0 Å². The van der Waals surface area contributed by atoms with Gasteiger partial charge in [-0.2, -0.15) is 0 Å². The van der Waals surface area contributed by atoms with E-state index < -0.39 is 7.60 Å². The molecule has 2 unspecified atom stereocenters. The number of unbranched alkanes of at least 4 members (excludes halogenated alkanes) is 1. The van der Waals surface area contributed by atoms with Crippen LogP contribution in [0.3, 0.4) is 0 Å². The second kappa shape index (κ2) is 8.20. The smallest absolute Gasteiger partial charge is 0.308 e. The molecule has 0 aromatic rings. The largest absolute Gasteiger partial charge is 0.338 e. The minimum Gasteiger partial charge on any atom is -0.308 e. The molecule has 0 radical (unpaired) electrons. The Morgan fingerprint density at radius 3 is 2.62 bits per heavy atom. The third-order valence-corrected chi connectivity index (χ3v) is 4.14. The summed E-state index contributed by atoms with van der Waals surface area (Å²) in [6.45, 7) is 5.54. The van der Waals surface area contributed by atoms with Crippen molar-refractivity contribution in [2.45, 2.75) is 25.4 Å². The molecule has 0 saturated carbocycles. The van der Waals surface area contributed by atoms with Gasteiger partial charge in [-0.3, -0.25) is 9.09 Å². The molecule has 0 fully saturated rings. The molecule has 0 N–H and O–H groups in total. The maximum absolute atomic E-state index is 12.2. The van der Waals surface area contributed by atoms with Gasteiger partial charge in [0.25, 0.3) is 0 Å². The van der Waals surface area contributed by atoms with Gasteiger partial charge >= 0.3 is 7.60 Å². The van der Waals surface area contributed by atoms with E-state index in [0.29, 0.717) is 19.4 Å². The van der Waals surface area contributed by atoms with Crippen LogP contribution in [0, 0.1) is 24.7 Å². The van der Waals surface area contributed by atoms with Gasteiger partial charge in [-0.05, 0) is 13.3 Å². The molecule has 0 aliphatic carbocycles. The lowest BCUT2D eigenvalue weighted by Gasteiger charge is -2.20. The van der Waals surface area contributed by atoms with Gasteiger partial charge in [0.05, 0.1) is 12.3 Å². The Labute approximate surface area is 97.8 Å². The summed E-state index contributed by atoms with van der Waals surface area (Å²) < 4.78 is 22.5. The Bertz CT molecular complexity index is 335. The normalized spacial score (nSPS) is 15.4. The molecule has 16 heavy (non-hydrogen) atoms. The fraction of sp³-hybridized carbons (Fsp3) is 0.500. The molecule has 0 aliphatic heterocycles. The van der Waals surface area contributed by atoms with Crippen molar-refractivity contribution in [2.75, 3.05) is 13.2 Å². The summed E-state index contributed by atoms with van der Waals surface area (Å²) in [6.07, 6.45) is 12.9. The van der Waals surface area contributed by atoms with Crippen LogP contribution < -0.4 is 0 Å². The SMILES string of the molecule is C#CCCCOP(=O)(OCC#C)C(C)C=C. The van der Waals surface area contributed by atoms with Crippen molar-refractivity contribution in [1.29, 1.82) is 0 Å². The van der Waals surface area contributed by atoms with Crippen LogP contribution in [0.5, 0.6) is 0 Å². The predicted octanol–water partition coefficient (Wildman–Crippen LogP) is 2.83. The molecule has 0 aromatic heterocycles. The highest BCUT2D eigenvalue weighted by Gasteiger charge is 2.30. The zero-order valence-electron chi connectivity index (χ0n) is 9.52. The first-order valence-corrected chi connectivity index (χ1v) is 6.60. The van der Waals surface area contributed by atoms with Gasteiger partial charge in [-0.25, -0.2) is 0 Å². The molecule has 0 saturated heterocycles. The average Bonchev–Trinajstić information content (AvgIpc) is 2.31. The van der Waals surface area contributed by atoms with E-state index in [2.05, 4.69) is 18.4 Å². The molecular formula is C12H17O3P. The van der Waals surface area contributed by atoms with Gasteiger partial charge in [0.2, 0.25) is 0 Å². The van der Waals surface area contributed by atoms with Crippen molar-refractivity contribution in [1.82, 2.24) is 0 Å². The second-order valence-corrected chi connectivity index (χ2v) is 5.55. The Kier molecular flexibility index (Phi) is 7.69. The van der Waals surface area contributed by atoms with E-state index >= 15 is 0 Å². The van der Waals surface area contributed by atoms with E-state index in [4.69, 9.17) is 21.9 Å². The van der Waals surface area contributed by atoms with Gasteiger partial charge in [-0.1, -0.05) is 12.0 Å². The highest BCUT2D eigenvalue weighted by Crippen LogP contribution is 2.53. The third kappa shape index (κ3) is 5.19. The van der Waals surface area contributed by atoms with E-state index in [1.54, 1.807) is 6.92 Å². The van der Waals surface area contributed by atoms with Crippen molar-refractivity contribution in [3.8, 4) is 24.7 Å². The summed E-state index contributed by atoms with van der Waals surface area (Å²) in [4.78, 5) is 0. The molecule has 0 amide bonds. The highest BCUT2D eigenvalue weighted by molar-refractivity contribution is 7.54. The van der Waals surface area contributed by atoms with Crippen molar-refractivity contribution in [3.05, 3.63) is 12.7 Å². The molecular weight excluding hydrogens is 223 g/mol. The van der Waals surface area contributed by atoms with E-state index in [1.165, 1.54) is 6.08 Å². The van der Waals surface area contributed by atoms with E-state index in [1.807, 2.05) is 0 Å². The lowest BCUT2D eigenvalue weighted by atomic mass is 10.3. The van der Waals surface area contributed by atoms with Crippen LogP contribution in [0.1, 0.15) is 19.8 Å². The number of hydrogen-bond acceptors (Lipinski definition) is 3. The van der Waals surface area contributed by atoms with Gasteiger partial charge in [0.15, 0.2) is 0 Å². The average molecular weight is 240 g/mol. The molecule has 2 atom stereocenters. The minimum absolute atomic E-state index is 0.0371. The molecule has 0 rings (SSSR count). The molecule has 0 heterocycles. The van der Waals surface area contributed by atoms with E-state index in [0.717, 1.165) is 0 Å². The van der Waals surface area contributed by atoms with Crippen molar-refractivity contribution in [2.24, 2.45) is 0 Å². The lowest BCUT2D eigenvalue weighted by molar-refractivity contribution is 0.216. The van der Waals surface area contributed by atoms with Gasteiger partial charge in [-0.15, -0.1) is 25.3 Å². The molecule has 0 aromatic carbocycles. The lowest BCUT2D eigenvalue weighted by Crippen LogP contribution is -2.08. The van der Waals surface area contributed by atoms with Gasteiger partial charge in [0, 0.05) is 6.42 Å². The minimum atomic E-state index is -3.20. The standard InChI is InChI=1S/C12H17O3P/c1-5-8-9-11-15-16(13,12(4)7-3)14-10-6-2/h1-2,7,12H,3,8-11H2,4H3. The summed E-state index contributed by atoms with van der Waals surface area (Å²) in [7, 11) is -3.20. The van der Waals surface area contributed by atoms with Crippen LogP contribution in [0.4, 0.5) is 0 Å². The number of allylic oxidation sites excluding steroid dienone is 1. The monoisotopic (exact) mass is 240 g/mol. The Morgan fingerprint density at radius 2 is 2.12 bits per heavy atom. The van der Waals surface area contributed by atoms with Gasteiger partial charge < -0.3 is 4.52 Å². The van der Waals surface area contributed by atoms with Crippen LogP contribution in [-0.4, -0.2) is 18.9 Å². The van der Waals surface area contributed by atoms with Gasteiger partial charge in [0.1, 0.15) is 6.61 Å². The van der Waals surface area contributed by atoms with E-state index in [-0.39, 0.29) is 12.3 Å². The Hall–Kier alpha value is -0.990. The summed E-state index contributed by atoms with van der Waals surface area (Å²) in [5.74, 6) is 4.74. The number of rotatable bonds is 8. The Balaban J connectivity index is 4.32. The summed E-state index contributed by atoms with van der Waals surface area (Å²) in [6, 6.07) is 0. The topological polar surface area (TPSA) is 35.5 Å². The Morgan fingerprint density at radius 1 is 1.44 bits per heavy atom. The van der Waals surface area contributed by atoms with Crippen LogP contribution in [0.15, 0.2) is 12.7 Å². The summed E-state index contributed by atoms with van der Waals surface area (Å²) in [5, 5.41) is 0. The third-order valence-electron chi connectivity index (χ3n) is 1.90. The van der Waals surface area contributed by atoms with Crippen molar-refractivity contribution < 1.29 is 13.6 Å². The molecule has 88 valence electrons. The first-order chi connectivity index (χ1) is 7.60. The molecule has 3 nitrogen and oxygen atoms in total. The fourth-order valence-corrected chi connectivity index (χ4v) is 2.34. The van der Waals surface area contributed by atoms with Crippen LogP contribution in [-0.2, 0) is 13.6 Å². The fourth-order valence-electron chi connectivity index (χ4n) is 0.895. The summed E-state index contributed by atoms with van der Waals surface area (Å²) >= 11 is 0. The van der Waals surface area contributed by atoms with Crippen LogP contribution in [0.2, 0.25) is 0 Å². The van der Waals surface area contributed by atoms with Crippen molar-refractivity contribution in [3.63, 3.8) is 0 Å². The number of terminal acetylenes is 2. The van der Waals surface area contributed by atoms with Crippen molar-refractivity contribution >= 4 is 7.60 Å². The zero-order chi connectivity index (χ0) is 12.4.